The van der Waals surface area contributed by atoms with Crippen LogP contribution in [0.4, 0.5) is 4.39 Å². The Labute approximate surface area is 94.7 Å². The highest BCUT2D eigenvalue weighted by molar-refractivity contribution is 5.98. The molecule has 3 rings (SSSR count). The lowest BCUT2D eigenvalue weighted by molar-refractivity contribution is 0.0870. The lowest BCUT2D eigenvalue weighted by atomic mass is 9.83. The standard InChI is InChI=1S/C14H15FO/c15-13-4-2-1-3-11(13)14(16)12-8-9-5-6-10(12)7-9/h1-4,9-10,12H,5-8H2/t9-,10-,12+/m1/s1. The second-order valence-electron chi connectivity index (χ2n) is 5.13. The Bertz CT molecular complexity index is 426. The number of fused-ring (bicyclic) bond motifs is 2. The van der Waals surface area contributed by atoms with Gasteiger partial charge < -0.3 is 0 Å². The number of carbonyl (C=O) groups is 1. The van der Waals surface area contributed by atoms with Gasteiger partial charge >= 0.3 is 0 Å². The fourth-order valence-electron chi connectivity index (χ4n) is 3.43. The molecule has 3 atom stereocenters. The van der Waals surface area contributed by atoms with Crippen molar-refractivity contribution in [2.45, 2.75) is 25.7 Å². The molecule has 0 N–H and O–H groups in total. The summed E-state index contributed by atoms with van der Waals surface area (Å²) in [5.41, 5.74) is 0.292. The largest absolute Gasteiger partial charge is 0.294 e. The number of ketones is 1. The first-order chi connectivity index (χ1) is 7.75. The highest BCUT2D eigenvalue weighted by Gasteiger charge is 2.43. The maximum Gasteiger partial charge on any atom is 0.169 e. The van der Waals surface area contributed by atoms with Crippen molar-refractivity contribution in [1.29, 1.82) is 0 Å². The van der Waals surface area contributed by atoms with Crippen LogP contribution in [0.25, 0.3) is 0 Å². The molecule has 0 amide bonds. The number of carbonyl (C=O) groups excluding carboxylic acids is 1. The highest BCUT2D eigenvalue weighted by Crippen LogP contribution is 2.49. The van der Waals surface area contributed by atoms with Gasteiger partial charge in [0, 0.05) is 5.92 Å². The van der Waals surface area contributed by atoms with Gasteiger partial charge in [-0.3, -0.25) is 4.79 Å². The van der Waals surface area contributed by atoms with Crippen LogP contribution >= 0.6 is 0 Å². The molecule has 0 aromatic heterocycles. The molecular weight excluding hydrogens is 203 g/mol. The van der Waals surface area contributed by atoms with Crippen LogP contribution in [0.2, 0.25) is 0 Å². The summed E-state index contributed by atoms with van der Waals surface area (Å²) in [5, 5.41) is 0. The van der Waals surface area contributed by atoms with E-state index in [2.05, 4.69) is 0 Å². The van der Waals surface area contributed by atoms with Gasteiger partial charge in [0.2, 0.25) is 0 Å². The number of hydrogen-bond donors (Lipinski definition) is 0. The van der Waals surface area contributed by atoms with E-state index in [1.165, 1.54) is 18.9 Å². The van der Waals surface area contributed by atoms with E-state index in [9.17, 15) is 9.18 Å². The van der Waals surface area contributed by atoms with E-state index in [-0.39, 0.29) is 17.5 Å². The summed E-state index contributed by atoms with van der Waals surface area (Å²) in [6.45, 7) is 0. The predicted octanol–water partition coefficient (Wildman–Crippen LogP) is 3.44. The van der Waals surface area contributed by atoms with E-state index in [1.807, 2.05) is 0 Å². The van der Waals surface area contributed by atoms with Gasteiger partial charge in [0.15, 0.2) is 5.78 Å². The summed E-state index contributed by atoms with van der Waals surface area (Å²) >= 11 is 0. The van der Waals surface area contributed by atoms with Crippen LogP contribution in [0.5, 0.6) is 0 Å². The number of benzene rings is 1. The molecule has 2 aliphatic rings. The molecule has 1 aromatic carbocycles. The number of halogens is 1. The van der Waals surface area contributed by atoms with E-state index in [1.54, 1.807) is 18.2 Å². The van der Waals surface area contributed by atoms with Gasteiger partial charge in [-0.1, -0.05) is 18.6 Å². The summed E-state index contributed by atoms with van der Waals surface area (Å²) in [7, 11) is 0. The quantitative estimate of drug-likeness (QED) is 0.695. The third-order valence-electron chi connectivity index (χ3n) is 4.21. The Morgan fingerprint density at radius 2 is 2.00 bits per heavy atom. The lowest BCUT2D eigenvalue weighted by Crippen LogP contribution is -2.21. The molecule has 84 valence electrons. The Morgan fingerprint density at radius 3 is 2.62 bits per heavy atom. The molecule has 2 aliphatic carbocycles. The van der Waals surface area contributed by atoms with Gasteiger partial charge in [0.25, 0.3) is 0 Å². The molecule has 2 saturated carbocycles. The Kier molecular flexibility index (Phi) is 2.31. The van der Waals surface area contributed by atoms with Crippen LogP contribution < -0.4 is 0 Å². The lowest BCUT2D eigenvalue weighted by Gasteiger charge is -2.20. The molecule has 1 nitrogen and oxygen atoms in total. The van der Waals surface area contributed by atoms with Crippen molar-refractivity contribution in [2.75, 3.05) is 0 Å². The first-order valence-corrected chi connectivity index (χ1v) is 6.04. The van der Waals surface area contributed by atoms with Gasteiger partial charge in [-0.05, 0) is 43.2 Å². The minimum atomic E-state index is -0.365. The van der Waals surface area contributed by atoms with Gasteiger partial charge in [0.1, 0.15) is 5.82 Å². The van der Waals surface area contributed by atoms with E-state index < -0.39 is 0 Å². The number of rotatable bonds is 2. The second-order valence-corrected chi connectivity index (χ2v) is 5.13. The molecule has 2 fully saturated rings. The summed E-state index contributed by atoms with van der Waals surface area (Å²) in [6, 6.07) is 6.36. The van der Waals surface area contributed by atoms with Gasteiger partial charge in [-0.25, -0.2) is 4.39 Å². The van der Waals surface area contributed by atoms with Crippen molar-refractivity contribution >= 4 is 5.78 Å². The molecule has 16 heavy (non-hydrogen) atoms. The van der Waals surface area contributed by atoms with E-state index >= 15 is 0 Å². The maximum absolute atomic E-state index is 13.5. The molecule has 1 aromatic rings. The van der Waals surface area contributed by atoms with E-state index in [0.717, 1.165) is 18.8 Å². The fourth-order valence-corrected chi connectivity index (χ4v) is 3.43. The summed E-state index contributed by atoms with van der Waals surface area (Å²) in [6.07, 6.45) is 4.60. The third-order valence-corrected chi connectivity index (χ3v) is 4.21. The average molecular weight is 218 g/mol. The topological polar surface area (TPSA) is 17.1 Å². The predicted molar refractivity (Wildman–Crippen MR) is 59.7 cm³/mol. The molecular formula is C14H15FO. The zero-order chi connectivity index (χ0) is 11.1. The molecule has 0 aliphatic heterocycles. The molecule has 0 radical (unpaired) electrons. The van der Waals surface area contributed by atoms with Crippen molar-refractivity contribution in [2.24, 2.45) is 17.8 Å². The van der Waals surface area contributed by atoms with Crippen molar-refractivity contribution in [3.05, 3.63) is 35.6 Å². The van der Waals surface area contributed by atoms with Crippen LogP contribution in [0.15, 0.2) is 24.3 Å². The summed E-state index contributed by atoms with van der Waals surface area (Å²) < 4.78 is 13.5. The fraction of sp³-hybridized carbons (Fsp3) is 0.500. The molecule has 0 heterocycles. The van der Waals surface area contributed by atoms with E-state index in [0.29, 0.717) is 11.5 Å². The zero-order valence-corrected chi connectivity index (χ0v) is 9.16. The summed E-state index contributed by atoms with van der Waals surface area (Å²) in [4.78, 5) is 12.2. The van der Waals surface area contributed by atoms with Crippen LogP contribution in [-0.2, 0) is 0 Å². The first kappa shape index (κ1) is 10.0. The van der Waals surface area contributed by atoms with Crippen LogP contribution in [0.3, 0.4) is 0 Å². The minimum Gasteiger partial charge on any atom is -0.294 e. The summed E-state index contributed by atoms with van der Waals surface area (Å²) in [5.74, 6) is 1.01. The Hall–Kier alpha value is -1.18. The second kappa shape index (κ2) is 3.69. The molecule has 0 spiro atoms. The number of Topliss-reactive ketones (excluding diaryl/α,β-unsaturated/α-hetero) is 1. The minimum absolute atomic E-state index is 0.0327. The molecule has 2 heteroatoms. The van der Waals surface area contributed by atoms with Crippen molar-refractivity contribution in [1.82, 2.24) is 0 Å². The van der Waals surface area contributed by atoms with Gasteiger partial charge in [0.05, 0.1) is 5.56 Å². The Morgan fingerprint density at radius 1 is 1.19 bits per heavy atom. The average Bonchev–Trinajstić information content (AvgIpc) is 2.90. The van der Waals surface area contributed by atoms with Gasteiger partial charge in [-0.15, -0.1) is 0 Å². The van der Waals surface area contributed by atoms with Crippen molar-refractivity contribution in [3.63, 3.8) is 0 Å². The van der Waals surface area contributed by atoms with Crippen molar-refractivity contribution < 1.29 is 9.18 Å². The number of hydrogen-bond acceptors (Lipinski definition) is 1. The van der Waals surface area contributed by atoms with Crippen LogP contribution in [-0.4, -0.2) is 5.78 Å². The monoisotopic (exact) mass is 218 g/mol. The Balaban J connectivity index is 1.86. The van der Waals surface area contributed by atoms with Gasteiger partial charge in [-0.2, -0.15) is 0 Å². The highest BCUT2D eigenvalue weighted by atomic mass is 19.1. The molecule has 0 unspecified atom stereocenters. The van der Waals surface area contributed by atoms with Crippen molar-refractivity contribution in [3.8, 4) is 0 Å². The maximum atomic E-state index is 13.5. The molecule has 0 saturated heterocycles. The smallest absolute Gasteiger partial charge is 0.169 e. The SMILES string of the molecule is O=C(c1ccccc1F)[C@H]1C[C@@H]2CC[C@@H]1C2. The molecule has 2 bridgehead atoms. The van der Waals surface area contributed by atoms with E-state index in [4.69, 9.17) is 0 Å². The van der Waals surface area contributed by atoms with Crippen LogP contribution in [0, 0.1) is 23.6 Å². The third kappa shape index (κ3) is 1.48. The van der Waals surface area contributed by atoms with Crippen LogP contribution in [0.1, 0.15) is 36.0 Å². The normalized spacial score (nSPS) is 31.9. The first-order valence-electron chi connectivity index (χ1n) is 6.04. The zero-order valence-electron chi connectivity index (χ0n) is 9.16.